The lowest BCUT2D eigenvalue weighted by Gasteiger charge is -2.34. The van der Waals surface area contributed by atoms with Gasteiger partial charge in [-0.3, -0.25) is 0 Å². The van der Waals surface area contributed by atoms with Crippen LogP contribution in [0.2, 0.25) is 0 Å². The fourth-order valence-electron chi connectivity index (χ4n) is 3.33. The van der Waals surface area contributed by atoms with Crippen LogP contribution in [0.15, 0.2) is 47.8 Å². The second-order valence-electron chi connectivity index (χ2n) is 6.82. The minimum atomic E-state index is -3.89. The Kier molecular flexibility index (Phi) is 5.39. The van der Waals surface area contributed by atoms with Crippen LogP contribution in [0.3, 0.4) is 0 Å². The zero-order valence-corrected chi connectivity index (χ0v) is 17.4. The van der Waals surface area contributed by atoms with Crippen molar-refractivity contribution in [2.75, 3.05) is 38.2 Å². The molecular weight excluding hydrogens is 411 g/mol. The normalized spacial score (nSPS) is 15.4. The molecule has 0 aliphatic carbocycles. The first-order valence-electron chi connectivity index (χ1n) is 9.32. The molecule has 3 heterocycles. The van der Waals surface area contributed by atoms with E-state index in [1.165, 1.54) is 29.9 Å². The number of aromatic nitrogens is 4. The molecule has 1 aromatic carbocycles. The van der Waals surface area contributed by atoms with Crippen LogP contribution in [-0.2, 0) is 10.0 Å². The van der Waals surface area contributed by atoms with Crippen molar-refractivity contribution in [3.05, 3.63) is 54.4 Å². The first kappa shape index (κ1) is 20.2. The monoisotopic (exact) mass is 432 g/mol. The van der Waals surface area contributed by atoms with E-state index in [9.17, 15) is 12.8 Å². The lowest BCUT2D eigenvalue weighted by molar-refractivity contribution is 0.372. The molecule has 1 aliphatic rings. The van der Waals surface area contributed by atoms with Crippen molar-refractivity contribution in [2.45, 2.75) is 11.8 Å². The van der Waals surface area contributed by atoms with E-state index in [0.29, 0.717) is 24.7 Å². The average molecular weight is 432 g/mol. The number of ether oxygens (including phenoxy) is 1. The summed E-state index contributed by atoms with van der Waals surface area (Å²) in [6.07, 6.45) is 3.28. The van der Waals surface area contributed by atoms with Gasteiger partial charge < -0.3 is 9.64 Å². The average Bonchev–Trinajstić information content (AvgIpc) is 3.20. The topological polar surface area (TPSA) is 93.5 Å². The molecule has 0 radical (unpaired) electrons. The van der Waals surface area contributed by atoms with Crippen molar-refractivity contribution in [3.63, 3.8) is 0 Å². The molecule has 0 amide bonds. The van der Waals surface area contributed by atoms with Gasteiger partial charge in [-0.25, -0.2) is 27.5 Å². The minimum Gasteiger partial charge on any atom is -0.495 e. The van der Waals surface area contributed by atoms with E-state index >= 15 is 0 Å². The van der Waals surface area contributed by atoms with Crippen molar-refractivity contribution in [1.82, 2.24) is 24.1 Å². The summed E-state index contributed by atoms with van der Waals surface area (Å²) in [6, 6.07) is 7.17. The maximum absolute atomic E-state index is 13.7. The van der Waals surface area contributed by atoms with Gasteiger partial charge in [-0.1, -0.05) is 0 Å². The van der Waals surface area contributed by atoms with Gasteiger partial charge in [0, 0.05) is 38.4 Å². The minimum absolute atomic E-state index is 0.119. The standard InChI is InChI=1S/C19H21FN6O3S/c1-14-5-6-26(23-14)19-12-18(21-13-22-19)24-7-9-25(10-8-24)30(27,28)17-11-15(20)3-4-16(17)29-2/h3-6,11-13H,7-10H2,1-2H3. The summed E-state index contributed by atoms with van der Waals surface area (Å²) in [4.78, 5) is 10.4. The maximum Gasteiger partial charge on any atom is 0.246 e. The molecule has 1 fully saturated rings. The molecule has 1 saturated heterocycles. The molecule has 2 aromatic heterocycles. The van der Waals surface area contributed by atoms with Gasteiger partial charge in [0.25, 0.3) is 0 Å². The Bertz CT molecular complexity index is 1160. The number of halogens is 1. The van der Waals surface area contributed by atoms with E-state index in [1.54, 1.807) is 4.68 Å². The van der Waals surface area contributed by atoms with Gasteiger partial charge in [0.2, 0.25) is 10.0 Å². The molecule has 0 unspecified atom stereocenters. The van der Waals surface area contributed by atoms with Gasteiger partial charge in [-0.15, -0.1) is 0 Å². The summed E-state index contributed by atoms with van der Waals surface area (Å²) < 4.78 is 47.8. The van der Waals surface area contributed by atoms with Crippen LogP contribution in [0.1, 0.15) is 5.69 Å². The number of hydrogen-bond donors (Lipinski definition) is 0. The largest absolute Gasteiger partial charge is 0.495 e. The van der Waals surface area contributed by atoms with Crippen molar-refractivity contribution >= 4 is 15.8 Å². The van der Waals surface area contributed by atoms with Crippen molar-refractivity contribution in [2.24, 2.45) is 0 Å². The summed E-state index contributed by atoms with van der Waals surface area (Å²) in [7, 11) is -2.53. The van der Waals surface area contributed by atoms with Crippen LogP contribution in [0.5, 0.6) is 5.75 Å². The highest BCUT2D eigenvalue weighted by Crippen LogP contribution is 2.28. The van der Waals surface area contributed by atoms with Crippen LogP contribution in [0.4, 0.5) is 10.2 Å². The van der Waals surface area contributed by atoms with E-state index in [1.807, 2.05) is 30.2 Å². The molecule has 158 valence electrons. The molecular formula is C19H21FN6O3S. The molecule has 4 rings (SSSR count). The second-order valence-corrected chi connectivity index (χ2v) is 8.73. The van der Waals surface area contributed by atoms with Gasteiger partial charge in [-0.05, 0) is 31.2 Å². The molecule has 1 aliphatic heterocycles. The predicted molar refractivity (Wildman–Crippen MR) is 108 cm³/mol. The Morgan fingerprint density at radius 2 is 1.77 bits per heavy atom. The van der Waals surface area contributed by atoms with E-state index in [2.05, 4.69) is 15.1 Å². The fraction of sp³-hybridized carbons (Fsp3) is 0.316. The van der Waals surface area contributed by atoms with Crippen LogP contribution in [0, 0.1) is 12.7 Å². The Morgan fingerprint density at radius 1 is 1.03 bits per heavy atom. The lowest BCUT2D eigenvalue weighted by Crippen LogP contribution is -2.49. The molecule has 0 bridgehead atoms. The molecule has 3 aromatic rings. The zero-order chi connectivity index (χ0) is 21.3. The van der Waals surface area contributed by atoms with E-state index in [0.717, 1.165) is 11.8 Å². The molecule has 30 heavy (non-hydrogen) atoms. The van der Waals surface area contributed by atoms with Gasteiger partial charge in [0.1, 0.15) is 28.6 Å². The predicted octanol–water partition coefficient (Wildman–Crippen LogP) is 1.63. The Hall–Kier alpha value is -3.05. The first-order valence-corrected chi connectivity index (χ1v) is 10.8. The Labute approximate surface area is 173 Å². The highest BCUT2D eigenvalue weighted by atomic mass is 32.2. The van der Waals surface area contributed by atoms with Gasteiger partial charge >= 0.3 is 0 Å². The lowest BCUT2D eigenvalue weighted by atomic mass is 10.3. The van der Waals surface area contributed by atoms with Gasteiger partial charge in [0.05, 0.1) is 12.8 Å². The number of methoxy groups -OCH3 is 1. The smallest absolute Gasteiger partial charge is 0.246 e. The zero-order valence-electron chi connectivity index (χ0n) is 16.6. The molecule has 0 N–H and O–H groups in total. The van der Waals surface area contributed by atoms with Crippen molar-refractivity contribution in [3.8, 4) is 11.6 Å². The van der Waals surface area contributed by atoms with Crippen LogP contribution in [-0.4, -0.2) is 65.8 Å². The molecule has 9 nitrogen and oxygen atoms in total. The molecule has 0 spiro atoms. The summed E-state index contributed by atoms with van der Waals surface area (Å²) >= 11 is 0. The third kappa shape index (κ3) is 3.85. The number of piperazine rings is 1. The SMILES string of the molecule is COc1ccc(F)cc1S(=O)(=O)N1CCN(c2cc(-n3ccc(C)n3)ncn2)CC1. The summed E-state index contributed by atoms with van der Waals surface area (Å²) in [5.74, 6) is 0.811. The fourth-order valence-corrected chi connectivity index (χ4v) is 4.92. The number of sulfonamides is 1. The molecule has 0 atom stereocenters. The first-order chi connectivity index (χ1) is 14.4. The number of nitrogens with zero attached hydrogens (tertiary/aromatic N) is 6. The highest BCUT2D eigenvalue weighted by Gasteiger charge is 2.31. The third-order valence-electron chi connectivity index (χ3n) is 4.90. The quantitative estimate of drug-likeness (QED) is 0.605. The van der Waals surface area contributed by atoms with Gasteiger partial charge in [-0.2, -0.15) is 9.40 Å². The van der Waals surface area contributed by atoms with Crippen molar-refractivity contribution < 1.29 is 17.5 Å². The van der Waals surface area contributed by atoms with Crippen molar-refractivity contribution in [1.29, 1.82) is 0 Å². The van der Waals surface area contributed by atoms with Crippen LogP contribution < -0.4 is 9.64 Å². The second kappa shape index (κ2) is 8.00. The number of anilines is 1. The number of aryl methyl sites for hydroxylation is 1. The van der Waals surface area contributed by atoms with E-state index < -0.39 is 15.8 Å². The van der Waals surface area contributed by atoms with E-state index in [-0.39, 0.29) is 23.7 Å². The summed E-state index contributed by atoms with van der Waals surface area (Å²) in [6.45, 7) is 3.24. The number of benzene rings is 1. The number of hydrogen-bond acceptors (Lipinski definition) is 7. The summed E-state index contributed by atoms with van der Waals surface area (Å²) in [5, 5.41) is 4.35. The number of rotatable bonds is 5. The molecule has 0 saturated carbocycles. The van der Waals surface area contributed by atoms with Crippen LogP contribution in [0.25, 0.3) is 5.82 Å². The Balaban J connectivity index is 1.51. The maximum atomic E-state index is 13.7. The van der Waals surface area contributed by atoms with Crippen LogP contribution >= 0.6 is 0 Å². The molecule has 11 heteroatoms. The highest BCUT2D eigenvalue weighted by molar-refractivity contribution is 7.89. The van der Waals surface area contributed by atoms with E-state index in [4.69, 9.17) is 4.74 Å². The Morgan fingerprint density at radius 3 is 2.43 bits per heavy atom. The van der Waals surface area contributed by atoms with Gasteiger partial charge in [0.15, 0.2) is 5.82 Å². The summed E-state index contributed by atoms with van der Waals surface area (Å²) in [5.41, 5.74) is 0.877. The third-order valence-corrected chi connectivity index (χ3v) is 6.82.